The summed E-state index contributed by atoms with van der Waals surface area (Å²) >= 11 is 0. The number of benzene rings is 1. The van der Waals surface area contributed by atoms with Crippen molar-refractivity contribution in [3.8, 4) is 0 Å². The second-order valence-electron chi connectivity index (χ2n) is 3.65. The van der Waals surface area contributed by atoms with Crippen molar-refractivity contribution in [2.75, 3.05) is 0 Å². The lowest BCUT2D eigenvalue weighted by Crippen LogP contribution is -1.97. The lowest BCUT2D eigenvalue weighted by atomic mass is 10.2. The van der Waals surface area contributed by atoms with Crippen LogP contribution in [0.15, 0.2) is 63.1 Å². The summed E-state index contributed by atoms with van der Waals surface area (Å²) < 4.78 is 27.3. The first-order chi connectivity index (χ1) is 8.08. The van der Waals surface area contributed by atoms with Gasteiger partial charge in [0.05, 0.1) is 11.1 Å². The van der Waals surface area contributed by atoms with Crippen molar-refractivity contribution in [3.05, 3.63) is 59.4 Å². The molecule has 3 nitrogen and oxygen atoms in total. The van der Waals surface area contributed by atoms with Gasteiger partial charge in [0.25, 0.3) is 10.0 Å². The number of aryl methyl sites for hydroxylation is 1. The van der Waals surface area contributed by atoms with Crippen LogP contribution in [-0.4, -0.2) is 14.6 Å². The van der Waals surface area contributed by atoms with Gasteiger partial charge < -0.3 is 0 Å². The summed E-state index contributed by atoms with van der Waals surface area (Å²) in [5.41, 5.74) is 4.52. The molecule has 1 aliphatic carbocycles. The van der Waals surface area contributed by atoms with Crippen molar-refractivity contribution >= 4 is 16.2 Å². The molecular formula is C13H11NO2S. The zero-order chi connectivity index (χ0) is 12.3. The van der Waals surface area contributed by atoms with Gasteiger partial charge in [0, 0.05) is 5.57 Å². The molecule has 2 rings (SSSR count). The SMILES string of the molecule is Cc1ccc(S(=O)(=O)/N=C/C2=C=CC=C2)cc1. The predicted molar refractivity (Wildman–Crippen MR) is 67.6 cm³/mol. The van der Waals surface area contributed by atoms with E-state index in [9.17, 15) is 8.42 Å². The molecule has 0 atom stereocenters. The highest BCUT2D eigenvalue weighted by atomic mass is 32.2. The summed E-state index contributed by atoms with van der Waals surface area (Å²) in [7, 11) is -3.60. The monoisotopic (exact) mass is 245 g/mol. The molecule has 0 N–H and O–H groups in total. The summed E-state index contributed by atoms with van der Waals surface area (Å²) in [4.78, 5) is 0.200. The first-order valence-corrected chi connectivity index (χ1v) is 6.52. The molecule has 0 unspecified atom stereocenters. The summed E-state index contributed by atoms with van der Waals surface area (Å²) in [5, 5.41) is 0. The van der Waals surface area contributed by atoms with Crippen LogP contribution >= 0.6 is 0 Å². The lowest BCUT2D eigenvalue weighted by molar-refractivity contribution is 0.598. The third kappa shape index (κ3) is 2.81. The van der Waals surface area contributed by atoms with Crippen LogP contribution in [0, 0.1) is 6.92 Å². The first-order valence-electron chi connectivity index (χ1n) is 5.08. The first kappa shape index (κ1) is 11.6. The van der Waals surface area contributed by atoms with E-state index in [0.717, 1.165) is 5.56 Å². The smallest absolute Gasteiger partial charge is 0.199 e. The Kier molecular flexibility index (Phi) is 3.09. The average Bonchev–Trinajstić information content (AvgIpc) is 2.80. The molecule has 0 bridgehead atoms. The quantitative estimate of drug-likeness (QED) is 0.606. The molecule has 1 aliphatic rings. The Morgan fingerprint density at radius 3 is 2.53 bits per heavy atom. The fraction of sp³-hybridized carbons (Fsp3) is 0.0769. The van der Waals surface area contributed by atoms with Crippen molar-refractivity contribution in [1.82, 2.24) is 0 Å². The third-order valence-electron chi connectivity index (χ3n) is 2.27. The topological polar surface area (TPSA) is 46.5 Å². The highest BCUT2D eigenvalue weighted by Gasteiger charge is 2.10. The van der Waals surface area contributed by atoms with Gasteiger partial charge in [0.1, 0.15) is 0 Å². The summed E-state index contributed by atoms with van der Waals surface area (Å²) in [6.07, 6.45) is 6.53. The second-order valence-corrected chi connectivity index (χ2v) is 5.28. The average molecular weight is 245 g/mol. The maximum absolute atomic E-state index is 11.8. The van der Waals surface area contributed by atoms with Crippen LogP contribution in [0.2, 0.25) is 0 Å². The van der Waals surface area contributed by atoms with Gasteiger partial charge in [-0.1, -0.05) is 23.8 Å². The van der Waals surface area contributed by atoms with Gasteiger partial charge in [-0.05, 0) is 31.2 Å². The molecule has 0 aliphatic heterocycles. The van der Waals surface area contributed by atoms with Crippen LogP contribution in [0.4, 0.5) is 0 Å². The highest BCUT2D eigenvalue weighted by Crippen LogP contribution is 2.13. The molecule has 0 radical (unpaired) electrons. The summed E-state index contributed by atoms with van der Waals surface area (Å²) in [6.45, 7) is 1.90. The van der Waals surface area contributed by atoms with E-state index in [4.69, 9.17) is 0 Å². The van der Waals surface area contributed by atoms with E-state index in [0.29, 0.717) is 5.57 Å². The van der Waals surface area contributed by atoms with E-state index in [2.05, 4.69) is 10.1 Å². The third-order valence-corrected chi connectivity index (χ3v) is 3.52. The van der Waals surface area contributed by atoms with E-state index in [-0.39, 0.29) is 4.90 Å². The van der Waals surface area contributed by atoms with Crippen molar-refractivity contribution in [3.63, 3.8) is 0 Å². The van der Waals surface area contributed by atoms with Gasteiger partial charge in [-0.25, -0.2) is 0 Å². The Balaban J connectivity index is 2.28. The molecule has 0 heterocycles. The van der Waals surface area contributed by atoms with Crippen LogP contribution in [0.25, 0.3) is 0 Å². The fourth-order valence-electron chi connectivity index (χ4n) is 1.32. The largest absolute Gasteiger partial charge is 0.282 e. The normalized spacial score (nSPS) is 14.5. The minimum absolute atomic E-state index is 0.200. The van der Waals surface area contributed by atoms with Gasteiger partial charge >= 0.3 is 0 Å². The summed E-state index contributed by atoms with van der Waals surface area (Å²) in [6, 6.07) is 6.60. The number of sulfonamides is 1. The number of allylic oxidation sites excluding steroid dienone is 3. The van der Waals surface area contributed by atoms with Gasteiger partial charge in [-0.2, -0.15) is 12.8 Å². The zero-order valence-corrected chi connectivity index (χ0v) is 10.1. The lowest BCUT2D eigenvalue weighted by Gasteiger charge is -1.98. The molecule has 0 saturated heterocycles. The van der Waals surface area contributed by atoms with E-state index in [1.54, 1.807) is 42.5 Å². The second kappa shape index (κ2) is 4.53. The van der Waals surface area contributed by atoms with Crippen LogP contribution in [0.5, 0.6) is 0 Å². The Bertz CT molecular complexity index is 643. The molecular weight excluding hydrogens is 234 g/mol. The Labute approximate surface area is 101 Å². The molecule has 0 fully saturated rings. The molecule has 1 aromatic carbocycles. The number of nitrogens with zero attached hydrogens (tertiary/aromatic N) is 1. The van der Waals surface area contributed by atoms with Gasteiger partial charge in [0.15, 0.2) is 0 Å². The fourth-order valence-corrected chi connectivity index (χ4v) is 2.18. The van der Waals surface area contributed by atoms with E-state index < -0.39 is 10.0 Å². The molecule has 86 valence electrons. The molecule has 1 aromatic rings. The van der Waals surface area contributed by atoms with E-state index >= 15 is 0 Å². The van der Waals surface area contributed by atoms with Crippen LogP contribution in [0.3, 0.4) is 0 Å². The maximum Gasteiger partial charge on any atom is 0.282 e. The summed E-state index contributed by atoms with van der Waals surface area (Å²) in [5.74, 6) is 0. The maximum atomic E-state index is 11.8. The van der Waals surface area contributed by atoms with E-state index in [1.807, 2.05) is 6.92 Å². The minimum Gasteiger partial charge on any atom is -0.199 e. The zero-order valence-electron chi connectivity index (χ0n) is 9.29. The molecule has 0 spiro atoms. The molecule has 4 heteroatoms. The van der Waals surface area contributed by atoms with Crippen molar-refractivity contribution < 1.29 is 8.42 Å². The van der Waals surface area contributed by atoms with Gasteiger partial charge in [-0.3, -0.25) is 0 Å². The number of rotatable bonds is 3. The van der Waals surface area contributed by atoms with Gasteiger partial charge in [-0.15, -0.1) is 5.73 Å². The minimum atomic E-state index is -3.60. The standard InChI is InChI=1S/C13H11NO2S/c1-11-6-8-13(9-7-11)17(15,16)14-10-12-4-2-3-5-12/h2-4,6-10H,1H3/b14-10+. The Hall–Kier alpha value is -1.90. The van der Waals surface area contributed by atoms with Crippen LogP contribution in [-0.2, 0) is 10.0 Å². The van der Waals surface area contributed by atoms with Crippen molar-refractivity contribution in [1.29, 1.82) is 0 Å². The van der Waals surface area contributed by atoms with Crippen LogP contribution < -0.4 is 0 Å². The predicted octanol–water partition coefficient (Wildman–Crippen LogP) is 2.41. The molecule has 0 amide bonds. The molecule has 0 aromatic heterocycles. The Morgan fingerprint density at radius 1 is 1.24 bits per heavy atom. The van der Waals surface area contributed by atoms with Crippen molar-refractivity contribution in [2.45, 2.75) is 11.8 Å². The molecule has 0 saturated carbocycles. The van der Waals surface area contributed by atoms with Crippen LogP contribution in [0.1, 0.15) is 5.56 Å². The van der Waals surface area contributed by atoms with Gasteiger partial charge in [0.2, 0.25) is 0 Å². The Morgan fingerprint density at radius 2 is 1.94 bits per heavy atom. The van der Waals surface area contributed by atoms with E-state index in [1.165, 1.54) is 6.21 Å². The number of hydrogen-bond acceptors (Lipinski definition) is 2. The molecule has 17 heavy (non-hydrogen) atoms. The van der Waals surface area contributed by atoms with Crippen molar-refractivity contribution in [2.24, 2.45) is 4.40 Å². The highest BCUT2D eigenvalue weighted by molar-refractivity contribution is 7.90. The number of hydrogen-bond donors (Lipinski definition) is 0.